The Hall–Kier alpha value is -1.32. The van der Waals surface area contributed by atoms with Crippen molar-refractivity contribution in [3.8, 4) is 0 Å². The second-order valence-electron chi connectivity index (χ2n) is 2.01. The van der Waals surface area contributed by atoms with Gasteiger partial charge in [0.05, 0.1) is 17.8 Å². The maximum atomic E-state index is 10.8. The number of nitrogens with one attached hydrogen (secondary N) is 3. The summed E-state index contributed by atoms with van der Waals surface area (Å²) in [6.07, 6.45) is 1.53. The Morgan fingerprint density at radius 2 is 2.50 bits per heavy atom. The maximum absolute atomic E-state index is 10.8. The van der Waals surface area contributed by atoms with E-state index >= 15 is 0 Å². The molecule has 1 amide bonds. The summed E-state index contributed by atoms with van der Waals surface area (Å²) in [5.41, 5.74) is 0.779. The van der Waals surface area contributed by atoms with Gasteiger partial charge in [0.1, 0.15) is 0 Å². The molecule has 0 spiro atoms. The van der Waals surface area contributed by atoms with E-state index in [1.807, 2.05) is 0 Å². The van der Waals surface area contributed by atoms with Crippen molar-refractivity contribution in [1.29, 1.82) is 5.41 Å². The lowest BCUT2D eigenvalue weighted by atomic mass is 10.2. The molecule has 0 aromatic carbocycles. The van der Waals surface area contributed by atoms with Crippen molar-refractivity contribution in [3.05, 3.63) is 11.8 Å². The zero-order valence-electron chi connectivity index (χ0n) is 5.69. The molecule has 0 unspecified atom stereocenters. The van der Waals surface area contributed by atoms with Crippen molar-refractivity contribution in [2.24, 2.45) is 0 Å². The van der Waals surface area contributed by atoms with Gasteiger partial charge in [-0.25, -0.2) is 0 Å². The predicted octanol–water partition coefficient (Wildman–Crippen LogP) is -0.761. The summed E-state index contributed by atoms with van der Waals surface area (Å²) < 4.78 is 0. The molecular weight excluding hydrogens is 130 g/mol. The first-order valence-electron chi connectivity index (χ1n) is 2.99. The fourth-order valence-electron chi connectivity index (χ4n) is 0.793. The molecule has 4 heteroatoms. The summed E-state index contributed by atoms with van der Waals surface area (Å²) in [4.78, 5) is 10.8. The molecule has 0 bridgehead atoms. The number of carbonyl (C=O) groups excluding carboxylic acids is 1. The molecule has 0 aromatic rings. The van der Waals surface area contributed by atoms with E-state index in [9.17, 15) is 4.79 Å². The quantitative estimate of drug-likeness (QED) is 0.418. The summed E-state index contributed by atoms with van der Waals surface area (Å²) in [7, 11) is 1.70. The van der Waals surface area contributed by atoms with Gasteiger partial charge in [-0.05, 0) is 0 Å². The second-order valence-corrected chi connectivity index (χ2v) is 2.01. The minimum absolute atomic E-state index is 0.167. The molecule has 3 N–H and O–H groups in total. The smallest absolute Gasteiger partial charge is 0.254 e. The highest BCUT2D eigenvalue weighted by Gasteiger charge is 2.21. The van der Waals surface area contributed by atoms with E-state index in [4.69, 9.17) is 5.41 Å². The molecule has 10 heavy (non-hydrogen) atoms. The lowest BCUT2D eigenvalue weighted by Crippen LogP contribution is -2.15. The third-order valence-corrected chi connectivity index (χ3v) is 1.28. The molecule has 54 valence electrons. The van der Waals surface area contributed by atoms with Gasteiger partial charge < -0.3 is 16.0 Å². The molecule has 1 saturated heterocycles. The number of rotatable bonds is 1. The van der Waals surface area contributed by atoms with Crippen LogP contribution in [0.15, 0.2) is 11.8 Å². The van der Waals surface area contributed by atoms with Crippen LogP contribution >= 0.6 is 0 Å². The Kier molecular flexibility index (Phi) is 1.71. The zero-order valence-corrected chi connectivity index (χ0v) is 5.69. The van der Waals surface area contributed by atoms with E-state index in [0.29, 0.717) is 17.8 Å². The van der Waals surface area contributed by atoms with Crippen molar-refractivity contribution < 1.29 is 4.79 Å². The molecule has 4 nitrogen and oxygen atoms in total. The van der Waals surface area contributed by atoms with E-state index in [0.717, 1.165) is 0 Å². The van der Waals surface area contributed by atoms with Crippen molar-refractivity contribution in [2.45, 2.75) is 0 Å². The molecule has 1 aliphatic rings. The zero-order chi connectivity index (χ0) is 7.56. The normalized spacial score (nSPS) is 21.5. The number of hydrogen-bond acceptors (Lipinski definition) is 3. The van der Waals surface area contributed by atoms with Crippen molar-refractivity contribution in [2.75, 3.05) is 13.6 Å². The maximum Gasteiger partial charge on any atom is 0.254 e. The van der Waals surface area contributed by atoms with Crippen LogP contribution in [0.25, 0.3) is 0 Å². The SMILES string of the molecule is CN/C=C1\C(=N)CNC1=O. The van der Waals surface area contributed by atoms with Crippen LogP contribution in [0.1, 0.15) is 0 Å². The van der Waals surface area contributed by atoms with Crippen molar-refractivity contribution in [1.82, 2.24) is 10.6 Å². The topological polar surface area (TPSA) is 65.0 Å². The van der Waals surface area contributed by atoms with Crippen molar-refractivity contribution >= 4 is 11.6 Å². The summed E-state index contributed by atoms with van der Waals surface area (Å²) in [6.45, 7) is 0.354. The van der Waals surface area contributed by atoms with E-state index in [1.54, 1.807) is 7.05 Å². The predicted molar refractivity (Wildman–Crippen MR) is 37.9 cm³/mol. The van der Waals surface area contributed by atoms with Gasteiger partial charge >= 0.3 is 0 Å². The summed E-state index contributed by atoms with van der Waals surface area (Å²) in [5.74, 6) is -0.167. The fourth-order valence-corrected chi connectivity index (χ4v) is 0.793. The molecule has 0 radical (unpaired) electrons. The van der Waals surface area contributed by atoms with Gasteiger partial charge in [0.2, 0.25) is 0 Å². The Labute approximate surface area is 58.8 Å². The van der Waals surface area contributed by atoms with Crippen LogP contribution in [0, 0.1) is 5.41 Å². The lowest BCUT2D eigenvalue weighted by molar-refractivity contribution is -0.116. The van der Waals surface area contributed by atoms with Crippen LogP contribution in [-0.4, -0.2) is 25.2 Å². The minimum atomic E-state index is -0.167. The van der Waals surface area contributed by atoms with Gasteiger partial charge in [0, 0.05) is 13.2 Å². The lowest BCUT2D eigenvalue weighted by Gasteiger charge is -1.91. The largest absolute Gasteiger partial charge is 0.393 e. The number of carbonyl (C=O) groups is 1. The first-order chi connectivity index (χ1) is 4.75. The average Bonchev–Trinajstić information content (AvgIpc) is 2.20. The molecule has 0 aromatic heterocycles. The Morgan fingerprint density at radius 1 is 1.80 bits per heavy atom. The standard InChI is InChI=1S/C6H9N3O/c1-8-2-4-5(7)3-9-6(4)10/h2,7-8H,3H2,1H3,(H,9,10)/b4-2+,7-5?. The molecule has 1 fully saturated rings. The van der Waals surface area contributed by atoms with Gasteiger partial charge in [-0.2, -0.15) is 0 Å². The number of hydrogen-bond donors (Lipinski definition) is 3. The second kappa shape index (κ2) is 2.51. The Morgan fingerprint density at radius 3 is 2.90 bits per heavy atom. The van der Waals surface area contributed by atoms with Gasteiger partial charge in [-0.3, -0.25) is 4.79 Å². The highest BCUT2D eigenvalue weighted by atomic mass is 16.2. The molecule has 0 saturated carbocycles. The van der Waals surface area contributed by atoms with E-state index < -0.39 is 0 Å². The van der Waals surface area contributed by atoms with E-state index in [2.05, 4.69) is 10.6 Å². The Balaban J connectivity index is 2.82. The summed E-state index contributed by atoms with van der Waals surface area (Å²) in [6, 6.07) is 0. The number of amides is 1. The minimum Gasteiger partial charge on any atom is -0.393 e. The molecule has 1 rings (SSSR count). The highest BCUT2D eigenvalue weighted by Crippen LogP contribution is 2.01. The summed E-state index contributed by atoms with van der Waals surface area (Å²) >= 11 is 0. The first-order valence-corrected chi connectivity index (χ1v) is 2.99. The Bertz CT molecular complexity index is 189. The molecule has 1 heterocycles. The van der Waals surface area contributed by atoms with E-state index in [-0.39, 0.29) is 5.91 Å². The molecular formula is C6H9N3O. The third-order valence-electron chi connectivity index (χ3n) is 1.28. The van der Waals surface area contributed by atoms with Crippen LogP contribution in [-0.2, 0) is 4.79 Å². The van der Waals surface area contributed by atoms with Gasteiger partial charge in [0.15, 0.2) is 0 Å². The fraction of sp³-hybridized carbons (Fsp3) is 0.333. The van der Waals surface area contributed by atoms with Gasteiger partial charge in [-0.1, -0.05) is 0 Å². The van der Waals surface area contributed by atoms with Crippen LogP contribution in [0.2, 0.25) is 0 Å². The highest BCUT2D eigenvalue weighted by molar-refractivity contribution is 6.26. The van der Waals surface area contributed by atoms with E-state index in [1.165, 1.54) is 6.20 Å². The molecule has 1 aliphatic heterocycles. The van der Waals surface area contributed by atoms with Crippen LogP contribution in [0.4, 0.5) is 0 Å². The molecule has 0 atom stereocenters. The first kappa shape index (κ1) is 6.80. The van der Waals surface area contributed by atoms with Crippen LogP contribution < -0.4 is 10.6 Å². The van der Waals surface area contributed by atoms with Crippen LogP contribution in [0.5, 0.6) is 0 Å². The summed E-state index contributed by atoms with van der Waals surface area (Å²) in [5, 5.41) is 12.5. The van der Waals surface area contributed by atoms with Crippen molar-refractivity contribution in [3.63, 3.8) is 0 Å². The monoisotopic (exact) mass is 139 g/mol. The molecule has 0 aliphatic carbocycles. The average molecular weight is 139 g/mol. The van der Waals surface area contributed by atoms with Gasteiger partial charge in [0.25, 0.3) is 5.91 Å². The third kappa shape index (κ3) is 1.00. The van der Waals surface area contributed by atoms with Gasteiger partial charge in [-0.15, -0.1) is 0 Å². The van der Waals surface area contributed by atoms with Crippen LogP contribution in [0.3, 0.4) is 0 Å².